The number of carboxylic acids is 1. The second-order valence-corrected chi connectivity index (χ2v) is 7.35. The highest BCUT2D eigenvalue weighted by Crippen LogP contribution is 2.36. The molecule has 2 aromatic carbocycles. The van der Waals surface area contributed by atoms with Crippen LogP contribution in [0.25, 0.3) is 0 Å². The Balaban J connectivity index is 1.50. The predicted octanol–water partition coefficient (Wildman–Crippen LogP) is 2.97. The lowest BCUT2D eigenvalue weighted by Gasteiger charge is -2.43. The van der Waals surface area contributed by atoms with Crippen molar-refractivity contribution in [2.75, 3.05) is 26.2 Å². The molecule has 0 unspecified atom stereocenters. The summed E-state index contributed by atoms with van der Waals surface area (Å²) in [5, 5.41) is 20.5. The minimum Gasteiger partial charge on any atom is -0.494 e. The van der Waals surface area contributed by atoms with Crippen molar-refractivity contribution in [1.29, 1.82) is 0 Å². The molecule has 3 rings (SSSR count). The molecule has 1 aliphatic rings. The van der Waals surface area contributed by atoms with E-state index in [1.165, 1.54) is 12.1 Å². The molecule has 2 aromatic rings. The topological polar surface area (TPSA) is 70.0 Å². The SMILES string of the molecule is O=C(O)[C@@]1(Cc2ccccc2)CCN(CCCOc2ccc(F)cc2)C[C@@H]1O. The molecule has 5 nitrogen and oxygen atoms in total. The van der Waals surface area contributed by atoms with E-state index >= 15 is 0 Å². The fourth-order valence-corrected chi connectivity index (χ4v) is 3.74. The van der Waals surface area contributed by atoms with Gasteiger partial charge in [-0.25, -0.2) is 4.39 Å². The van der Waals surface area contributed by atoms with Crippen molar-refractivity contribution in [2.24, 2.45) is 5.41 Å². The van der Waals surface area contributed by atoms with Gasteiger partial charge in [-0.15, -0.1) is 0 Å². The molecule has 0 bridgehead atoms. The number of carbonyl (C=O) groups is 1. The summed E-state index contributed by atoms with van der Waals surface area (Å²) in [4.78, 5) is 14.1. The molecule has 1 saturated heterocycles. The predicted molar refractivity (Wildman–Crippen MR) is 104 cm³/mol. The molecule has 1 aliphatic heterocycles. The Kier molecular flexibility index (Phi) is 6.65. The Hall–Kier alpha value is -2.44. The van der Waals surface area contributed by atoms with E-state index in [1.807, 2.05) is 30.3 Å². The molecule has 0 radical (unpaired) electrons. The van der Waals surface area contributed by atoms with E-state index in [0.717, 1.165) is 12.0 Å². The number of halogens is 1. The quantitative estimate of drug-likeness (QED) is 0.682. The molecule has 2 atom stereocenters. The van der Waals surface area contributed by atoms with Crippen molar-refractivity contribution in [3.05, 3.63) is 66.0 Å². The Bertz CT molecular complexity index is 768. The number of aliphatic carboxylic acids is 1. The van der Waals surface area contributed by atoms with Crippen LogP contribution in [0.1, 0.15) is 18.4 Å². The summed E-state index contributed by atoms with van der Waals surface area (Å²) in [6.45, 7) is 2.13. The summed E-state index contributed by atoms with van der Waals surface area (Å²) >= 11 is 0. The number of piperidine rings is 1. The van der Waals surface area contributed by atoms with Crippen LogP contribution in [0.4, 0.5) is 4.39 Å². The van der Waals surface area contributed by atoms with E-state index in [1.54, 1.807) is 12.1 Å². The van der Waals surface area contributed by atoms with E-state index in [0.29, 0.717) is 44.8 Å². The summed E-state index contributed by atoms with van der Waals surface area (Å²) in [5.41, 5.74) is -0.229. The zero-order valence-electron chi connectivity index (χ0n) is 15.8. The zero-order chi connectivity index (χ0) is 20.0. The summed E-state index contributed by atoms with van der Waals surface area (Å²) in [5.74, 6) is -0.622. The second kappa shape index (κ2) is 9.17. The minimum absolute atomic E-state index is 0.299. The van der Waals surface area contributed by atoms with E-state index in [-0.39, 0.29) is 5.82 Å². The maximum absolute atomic E-state index is 12.9. The number of carboxylic acid groups (broad SMARTS) is 1. The maximum Gasteiger partial charge on any atom is 0.312 e. The van der Waals surface area contributed by atoms with Gasteiger partial charge in [0.15, 0.2) is 0 Å². The average Bonchev–Trinajstić information content (AvgIpc) is 2.69. The van der Waals surface area contributed by atoms with Gasteiger partial charge in [0.05, 0.1) is 12.7 Å². The fraction of sp³-hybridized carbons (Fsp3) is 0.409. The average molecular weight is 387 g/mol. The van der Waals surface area contributed by atoms with Crippen LogP contribution in [0, 0.1) is 11.2 Å². The summed E-state index contributed by atoms with van der Waals surface area (Å²) < 4.78 is 18.5. The van der Waals surface area contributed by atoms with Crippen LogP contribution < -0.4 is 4.74 Å². The molecule has 0 amide bonds. The van der Waals surface area contributed by atoms with E-state index in [9.17, 15) is 19.4 Å². The standard InChI is InChI=1S/C22H26FNO4/c23-18-7-9-19(10-8-18)28-14-4-12-24-13-11-22(21(26)27,20(25)16-24)15-17-5-2-1-3-6-17/h1-3,5-10,20,25H,4,11-16H2,(H,26,27)/t20-,22+/m0/s1. The van der Waals surface area contributed by atoms with Crippen LogP contribution in [-0.4, -0.2) is 53.4 Å². The number of hydrogen-bond acceptors (Lipinski definition) is 4. The van der Waals surface area contributed by atoms with Crippen molar-refractivity contribution in [3.8, 4) is 5.75 Å². The molecule has 2 N–H and O–H groups in total. The number of hydrogen-bond donors (Lipinski definition) is 2. The molecule has 0 spiro atoms. The number of aliphatic hydroxyl groups is 1. The smallest absolute Gasteiger partial charge is 0.312 e. The summed E-state index contributed by atoms with van der Waals surface area (Å²) in [6.07, 6.45) is 0.531. The van der Waals surface area contributed by atoms with Gasteiger partial charge in [0, 0.05) is 13.1 Å². The normalized spacial score (nSPS) is 22.7. The number of aliphatic hydroxyl groups excluding tert-OH is 1. The maximum atomic E-state index is 12.9. The third kappa shape index (κ3) is 4.88. The second-order valence-electron chi connectivity index (χ2n) is 7.35. The summed E-state index contributed by atoms with van der Waals surface area (Å²) in [7, 11) is 0. The van der Waals surface area contributed by atoms with Gasteiger partial charge in [0.25, 0.3) is 0 Å². The van der Waals surface area contributed by atoms with Gasteiger partial charge in [0.2, 0.25) is 0 Å². The van der Waals surface area contributed by atoms with Crippen molar-refractivity contribution in [1.82, 2.24) is 4.90 Å². The molecular formula is C22H26FNO4. The van der Waals surface area contributed by atoms with Gasteiger partial charge in [-0.3, -0.25) is 4.79 Å². The van der Waals surface area contributed by atoms with E-state index in [4.69, 9.17) is 4.74 Å². The first-order chi connectivity index (χ1) is 13.5. The van der Waals surface area contributed by atoms with Crippen molar-refractivity contribution in [2.45, 2.75) is 25.4 Å². The van der Waals surface area contributed by atoms with Gasteiger partial charge >= 0.3 is 5.97 Å². The Morgan fingerprint density at radius 1 is 1.18 bits per heavy atom. The van der Waals surface area contributed by atoms with Gasteiger partial charge < -0.3 is 19.8 Å². The minimum atomic E-state index is -1.15. The lowest BCUT2D eigenvalue weighted by molar-refractivity contribution is -0.162. The Morgan fingerprint density at radius 2 is 1.89 bits per heavy atom. The molecule has 28 heavy (non-hydrogen) atoms. The lowest BCUT2D eigenvalue weighted by Crippen LogP contribution is -2.56. The highest BCUT2D eigenvalue weighted by Gasteiger charge is 2.48. The van der Waals surface area contributed by atoms with Crippen molar-refractivity contribution in [3.63, 3.8) is 0 Å². The number of nitrogens with zero attached hydrogens (tertiary/aromatic N) is 1. The monoisotopic (exact) mass is 387 g/mol. The highest BCUT2D eigenvalue weighted by atomic mass is 19.1. The zero-order valence-corrected chi connectivity index (χ0v) is 15.8. The van der Waals surface area contributed by atoms with E-state index < -0.39 is 17.5 Å². The highest BCUT2D eigenvalue weighted by molar-refractivity contribution is 5.76. The molecular weight excluding hydrogens is 361 g/mol. The molecule has 150 valence electrons. The van der Waals surface area contributed by atoms with Crippen LogP contribution in [0.5, 0.6) is 5.75 Å². The number of benzene rings is 2. The number of likely N-dealkylation sites (tertiary alicyclic amines) is 1. The third-order valence-electron chi connectivity index (χ3n) is 5.43. The van der Waals surface area contributed by atoms with Crippen LogP contribution >= 0.6 is 0 Å². The summed E-state index contributed by atoms with van der Waals surface area (Å²) in [6, 6.07) is 15.3. The van der Waals surface area contributed by atoms with Crippen molar-refractivity contribution >= 4 is 5.97 Å². The molecule has 1 heterocycles. The lowest BCUT2D eigenvalue weighted by atomic mass is 9.71. The van der Waals surface area contributed by atoms with Crippen LogP contribution in [0.15, 0.2) is 54.6 Å². The van der Waals surface area contributed by atoms with Gasteiger partial charge in [-0.2, -0.15) is 0 Å². The van der Waals surface area contributed by atoms with Crippen LogP contribution in [-0.2, 0) is 11.2 Å². The van der Waals surface area contributed by atoms with Gasteiger partial charge in [-0.05, 0) is 55.6 Å². The number of rotatable bonds is 8. The van der Waals surface area contributed by atoms with Crippen molar-refractivity contribution < 1.29 is 24.1 Å². The van der Waals surface area contributed by atoms with Crippen LogP contribution in [0.3, 0.4) is 0 Å². The molecule has 1 fully saturated rings. The fourth-order valence-electron chi connectivity index (χ4n) is 3.74. The first-order valence-electron chi connectivity index (χ1n) is 9.56. The third-order valence-corrected chi connectivity index (χ3v) is 5.43. The molecule has 6 heteroatoms. The molecule has 0 saturated carbocycles. The van der Waals surface area contributed by atoms with Gasteiger partial charge in [-0.1, -0.05) is 30.3 Å². The Morgan fingerprint density at radius 3 is 2.54 bits per heavy atom. The van der Waals surface area contributed by atoms with Gasteiger partial charge in [0.1, 0.15) is 17.0 Å². The Labute approximate surface area is 164 Å². The molecule has 0 aliphatic carbocycles. The first-order valence-corrected chi connectivity index (χ1v) is 9.56. The number of ether oxygens (including phenoxy) is 1. The largest absolute Gasteiger partial charge is 0.494 e. The molecule has 0 aromatic heterocycles. The van der Waals surface area contributed by atoms with E-state index in [2.05, 4.69) is 4.90 Å². The first kappa shape index (κ1) is 20.3. The number of β-amino-alcohol motifs (C(OH)–C–C–N with tert-alkyl or cyclic N) is 1. The van der Waals surface area contributed by atoms with Crippen LogP contribution in [0.2, 0.25) is 0 Å².